The van der Waals surface area contributed by atoms with Gasteiger partial charge in [0, 0.05) is 33.4 Å². The molecule has 0 saturated carbocycles. The molecule has 0 aromatic rings. The first-order valence-corrected chi connectivity index (χ1v) is 4.93. The highest BCUT2D eigenvalue weighted by Crippen LogP contribution is 2.19. The van der Waals surface area contributed by atoms with Gasteiger partial charge in [0.15, 0.2) is 0 Å². The second kappa shape index (κ2) is 4.83. The Morgan fingerprint density at radius 1 is 1.42 bits per heavy atom. The van der Waals surface area contributed by atoms with E-state index in [1.807, 2.05) is 0 Å². The van der Waals surface area contributed by atoms with Gasteiger partial charge in [0.1, 0.15) is 0 Å². The van der Waals surface area contributed by atoms with Crippen molar-refractivity contribution in [3.8, 4) is 0 Å². The summed E-state index contributed by atoms with van der Waals surface area (Å²) in [6.45, 7) is 9.34. The van der Waals surface area contributed by atoms with E-state index in [4.69, 9.17) is 4.74 Å². The summed E-state index contributed by atoms with van der Waals surface area (Å²) < 4.78 is 5.05. The van der Waals surface area contributed by atoms with Crippen molar-refractivity contribution in [2.45, 2.75) is 20.3 Å². The minimum absolute atomic E-state index is 0.813. The monoisotopic (exact) mass is 171 g/mol. The second-order valence-corrected chi connectivity index (χ2v) is 4.26. The third kappa shape index (κ3) is 3.11. The Balaban J connectivity index is 1.96. The molecule has 1 rings (SSSR count). The molecule has 1 heterocycles. The van der Waals surface area contributed by atoms with E-state index in [1.54, 1.807) is 7.11 Å². The highest BCUT2D eigenvalue weighted by molar-refractivity contribution is 4.79. The topological polar surface area (TPSA) is 12.5 Å². The lowest BCUT2D eigenvalue weighted by atomic mass is 9.95. The van der Waals surface area contributed by atoms with Crippen LogP contribution in [0.4, 0.5) is 0 Å². The average Bonchev–Trinajstić information content (AvgIpc) is 1.93. The number of hydrogen-bond acceptors (Lipinski definition) is 2. The maximum absolute atomic E-state index is 5.05. The average molecular weight is 171 g/mol. The number of nitrogens with zero attached hydrogens (tertiary/aromatic N) is 1. The van der Waals surface area contributed by atoms with Crippen LogP contribution in [0.25, 0.3) is 0 Å². The van der Waals surface area contributed by atoms with Gasteiger partial charge >= 0.3 is 0 Å². The van der Waals surface area contributed by atoms with Gasteiger partial charge in [-0.2, -0.15) is 0 Å². The molecule has 1 saturated heterocycles. The van der Waals surface area contributed by atoms with Crippen molar-refractivity contribution in [1.82, 2.24) is 4.90 Å². The van der Waals surface area contributed by atoms with Crippen LogP contribution in [0.15, 0.2) is 0 Å². The maximum Gasteiger partial charge on any atom is 0.0465 e. The van der Waals surface area contributed by atoms with Crippen molar-refractivity contribution in [2.24, 2.45) is 11.8 Å². The van der Waals surface area contributed by atoms with Crippen LogP contribution >= 0.6 is 0 Å². The number of rotatable bonds is 5. The summed E-state index contributed by atoms with van der Waals surface area (Å²) in [5.41, 5.74) is 0. The molecule has 0 unspecified atom stereocenters. The SMILES string of the molecule is COCCC1CN(CC(C)C)C1. The zero-order valence-electron chi connectivity index (χ0n) is 8.55. The van der Waals surface area contributed by atoms with E-state index in [0.717, 1.165) is 18.4 Å². The second-order valence-electron chi connectivity index (χ2n) is 4.26. The highest BCUT2D eigenvalue weighted by atomic mass is 16.5. The van der Waals surface area contributed by atoms with Gasteiger partial charge in [-0.05, 0) is 18.3 Å². The number of methoxy groups -OCH3 is 1. The van der Waals surface area contributed by atoms with E-state index in [9.17, 15) is 0 Å². The van der Waals surface area contributed by atoms with Crippen LogP contribution in [-0.2, 0) is 4.74 Å². The third-order valence-corrected chi connectivity index (χ3v) is 2.39. The lowest BCUT2D eigenvalue weighted by Gasteiger charge is -2.40. The molecule has 1 aliphatic rings. The zero-order chi connectivity index (χ0) is 8.97. The fourth-order valence-corrected chi connectivity index (χ4v) is 1.81. The van der Waals surface area contributed by atoms with E-state index < -0.39 is 0 Å². The molecule has 0 aliphatic carbocycles. The van der Waals surface area contributed by atoms with Crippen LogP contribution in [0.5, 0.6) is 0 Å². The molecule has 0 spiro atoms. The van der Waals surface area contributed by atoms with Crippen LogP contribution in [-0.4, -0.2) is 38.3 Å². The molecule has 2 nitrogen and oxygen atoms in total. The molecule has 0 radical (unpaired) electrons. The van der Waals surface area contributed by atoms with Crippen LogP contribution in [0.3, 0.4) is 0 Å². The smallest absolute Gasteiger partial charge is 0.0465 e. The van der Waals surface area contributed by atoms with Crippen LogP contribution in [0.1, 0.15) is 20.3 Å². The number of hydrogen-bond donors (Lipinski definition) is 0. The van der Waals surface area contributed by atoms with Gasteiger partial charge in [-0.25, -0.2) is 0 Å². The Morgan fingerprint density at radius 3 is 2.58 bits per heavy atom. The van der Waals surface area contributed by atoms with Gasteiger partial charge < -0.3 is 9.64 Å². The summed E-state index contributed by atoms with van der Waals surface area (Å²) in [6, 6.07) is 0. The van der Waals surface area contributed by atoms with Crippen molar-refractivity contribution in [1.29, 1.82) is 0 Å². The van der Waals surface area contributed by atoms with Gasteiger partial charge in [0.2, 0.25) is 0 Å². The molecule has 72 valence electrons. The minimum Gasteiger partial charge on any atom is -0.385 e. The Morgan fingerprint density at radius 2 is 2.08 bits per heavy atom. The van der Waals surface area contributed by atoms with Crippen molar-refractivity contribution < 1.29 is 4.74 Å². The first-order chi connectivity index (χ1) is 5.72. The van der Waals surface area contributed by atoms with Crippen LogP contribution in [0.2, 0.25) is 0 Å². The Labute approximate surface area is 75.9 Å². The van der Waals surface area contributed by atoms with Crippen molar-refractivity contribution >= 4 is 0 Å². The summed E-state index contributed by atoms with van der Waals surface area (Å²) in [4.78, 5) is 2.53. The third-order valence-electron chi connectivity index (χ3n) is 2.39. The molecule has 2 heteroatoms. The van der Waals surface area contributed by atoms with E-state index in [0.29, 0.717) is 0 Å². The lowest BCUT2D eigenvalue weighted by molar-refractivity contribution is 0.0602. The Kier molecular flexibility index (Phi) is 4.02. The zero-order valence-corrected chi connectivity index (χ0v) is 8.55. The van der Waals surface area contributed by atoms with E-state index in [-0.39, 0.29) is 0 Å². The highest BCUT2D eigenvalue weighted by Gasteiger charge is 2.25. The molecule has 0 aromatic carbocycles. The van der Waals surface area contributed by atoms with Crippen LogP contribution < -0.4 is 0 Å². The molecule has 0 N–H and O–H groups in total. The summed E-state index contributed by atoms with van der Waals surface area (Å²) >= 11 is 0. The van der Waals surface area contributed by atoms with Crippen molar-refractivity contribution in [3.05, 3.63) is 0 Å². The summed E-state index contributed by atoms with van der Waals surface area (Å²) in [6.07, 6.45) is 1.24. The summed E-state index contributed by atoms with van der Waals surface area (Å²) in [7, 11) is 1.78. The largest absolute Gasteiger partial charge is 0.385 e. The summed E-state index contributed by atoms with van der Waals surface area (Å²) in [5.74, 6) is 1.72. The van der Waals surface area contributed by atoms with E-state index in [1.165, 1.54) is 26.1 Å². The molecule has 0 aromatic heterocycles. The molecule has 0 bridgehead atoms. The van der Waals surface area contributed by atoms with E-state index in [2.05, 4.69) is 18.7 Å². The molecular weight excluding hydrogens is 150 g/mol. The number of likely N-dealkylation sites (tertiary alicyclic amines) is 1. The predicted octanol–water partition coefficient (Wildman–Crippen LogP) is 1.61. The predicted molar refractivity (Wildman–Crippen MR) is 51.3 cm³/mol. The standard InChI is InChI=1S/C10H21NO/c1-9(2)6-11-7-10(8-11)4-5-12-3/h9-10H,4-8H2,1-3H3. The molecule has 1 fully saturated rings. The maximum atomic E-state index is 5.05. The van der Waals surface area contributed by atoms with Gasteiger partial charge in [0.05, 0.1) is 0 Å². The molecule has 0 amide bonds. The molecular formula is C10H21NO. The fourth-order valence-electron chi connectivity index (χ4n) is 1.81. The van der Waals surface area contributed by atoms with Gasteiger partial charge in [-0.3, -0.25) is 0 Å². The van der Waals surface area contributed by atoms with Crippen molar-refractivity contribution in [3.63, 3.8) is 0 Å². The number of ether oxygens (including phenoxy) is 1. The van der Waals surface area contributed by atoms with Gasteiger partial charge in [0.25, 0.3) is 0 Å². The Hall–Kier alpha value is -0.0800. The molecule has 1 aliphatic heterocycles. The first kappa shape index (κ1) is 10.0. The first-order valence-electron chi connectivity index (χ1n) is 4.93. The molecule has 0 atom stereocenters. The van der Waals surface area contributed by atoms with Gasteiger partial charge in [-0.15, -0.1) is 0 Å². The van der Waals surface area contributed by atoms with Crippen molar-refractivity contribution in [2.75, 3.05) is 33.4 Å². The quantitative estimate of drug-likeness (QED) is 0.623. The molecule has 12 heavy (non-hydrogen) atoms. The summed E-state index contributed by atoms with van der Waals surface area (Å²) in [5, 5.41) is 0. The van der Waals surface area contributed by atoms with Gasteiger partial charge in [-0.1, -0.05) is 13.8 Å². The fraction of sp³-hybridized carbons (Fsp3) is 1.00. The normalized spacial score (nSPS) is 20.0. The minimum atomic E-state index is 0.813. The Bertz CT molecular complexity index is 119. The van der Waals surface area contributed by atoms with Crippen LogP contribution in [0, 0.1) is 11.8 Å². The lowest BCUT2D eigenvalue weighted by Crippen LogP contribution is -2.48. The van der Waals surface area contributed by atoms with E-state index >= 15 is 0 Å².